The highest BCUT2D eigenvalue weighted by molar-refractivity contribution is 9.10. The lowest BCUT2D eigenvalue weighted by Gasteiger charge is -2.07. The van der Waals surface area contributed by atoms with Crippen LogP contribution in [0, 0.1) is 0 Å². The minimum atomic E-state index is -0.0376. The van der Waals surface area contributed by atoms with E-state index in [0.717, 1.165) is 28.7 Å². The van der Waals surface area contributed by atoms with Crippen LogP contribution in [0.25, 0.3) is 0 Å². The number of rotatable bonds is 3. The van der Waals surface area contributed by atoms with Crippen LogP contribution in [0.15, 0.2) is 46.9 Å². The number of nitrogens with one attached hydrogen (secondary N) is 2. The molecule has 102 valence electrons. The van der Waals surface area contributed by atoms with Crippen LogP contribution in [0.5, 0.6) is 0 Å². The quantitative estimate of drug-likeness (QED) is 0.906. The van der Waals surface area contributed by atoms with E-state index in [-0.39, 0.29) is 5.91 Å². The Hall–Kier alpha value is -1.81. The summed E-state index contributed by atoms with van der Waals surface area (Å²) in [4.78, 5) is 12.1. The molecule has 2 aromatic rings. The monoisotopic (exact) mass is 330 g/mol. The van der Waals surface area contributed by atoms with Gasteiger partial charge in [-0.25, -0.2) is 0 Å². The molecular formula is C16H15BrN2O. The van der Waals surface area contributed by atoms with Crippen LogP contribution in [-0.2, 0) is 13.0 Å². The molecule has 0 radical (unpaired) electrons. The maximum atomic E-state index is 12.1. The average molecular weight is 331 g/mol. The number of benzene rings is 2. The van der Waals surface area contributed by atoms with Gasteiger partial charge < -0.3 is 10.6 Å². The number of anilines is 1. The fourth-order valence-corrected chi connectivity index (χ4v) is 2.58. The van der Waals surface area contributed by atoms with E-state index in [1.54, 1.807) is 0 Å². The Kier molecular flexibility index (Phi) is 3.74. The van der Waals surface area contributed by atoms with Gasteiger partial charge in [-0.15, -0.1) is 0 Å². The third-order valence-corrected chi connectivity index (χ3v) is 3.98. The molecule has 2 N–H and O–H groups in total. The van der Waals surface area contributed by atoms with Gasteiger partial charge in [0.05, 0.1) is 0 Å². The van der Waals surface area contributed by atoms with Gasteiger partial charge in [0, 0.05) is 28.8 Å². The van der Waals surface area contributed by atoms with Crippen LogP contribution in [0.3, 0.4) is 0 Å². The summed E-state index contributed by atoms with van der Waals surface area (Å²) in [6.07, 6.45) is 1.04. The normalized spacial score (nSPS) is 12.7. The Morgan fingerprint density at radius 3 is 2.80 bits per heavy atom. The van der Waals surface area contributed by atoms with Crippen LogP contribution in [-0.4, -0.2) is 12.5 Å². The maximum Gasteiger partial charge on any atom is 0.251 e. The summed E-state index contributed by atoms with van der Waals surface area (Å²) in [7, 11) is 0. The lowest BCUT2D eigenvalue weighted by molar-refractivity contribution is 0.0951. The van der Waals surface area contributed by atoms with E-state index in [1.165, 1.54) is 5.56 Å². The molecule has 4 heteroatoms. The third-order valence-electron chi connectivity index (χ3n) is 3.45. The molecule has 1 amide bonds. The zero-order valence-electron chi connectivity index (χ0n) is 10.9. The van der Waals surface area contributed by atoms with Crippen LogP contribution < -0.4 is 10.6 Å². The van der Waals surface area contributed by atoms with E-state index in [1.807, 2.05) is 42.5 Å². The second-order valence-corrected chi connectivity index (χ2v) is 5.77. The molecule has 0 atom stereocenters. The SMILES string of the molecule is O=C(NCc1ccc(Br)cc1)c1ccc2c(c1)NCC2. The molecule has 0 unspecified atom stereocenters. The zero-order valence-corrected chi connectivity index (χ0v) is 12.5. The fraction of sp³-hybridized carbons (Fsp3) is 0.188. The molecule has 0 fully saturated rings. The second kappa shape index (κ2) is 5.67. The van der Waals surface area contributed by atoms with E-state index in [0.29, 0.717) is 12.1 Å². The van der Waals surface area contributed by atoms with E-state index in [2.05, 4.69) is 26.6 Å². The van der Waals surface area contributed by atoms with Crippen molar-refractivity contribution in [3.63, 3.8) is 0 Å². The molecule has 20 heavy (non-hydrogen) atoms. The summed E-state index contributed by atoms with van der Waals surface area (Å²) in [5, 5.41) is 6.23. The van der Waals surface area contributed by atoms with Gasteiger partial charge in [0.25, 0.3) is 5.91 Å². The van der Waals surface area contributed by atoms with E-state index in [4.69, 9.17) is 0 Å². The van der Waals surface area contributed by atoms with Gasteiger partial charge in [0.2, 0.25) is 0 Å². The number of carbonyl (C=O) groups is 1. The lowest BCUT2D eigenvalue weighted by atomic mass is 10.1. The van der Waals surface area contributed by atoms with Crippen LogP contribution in [0.4, 0.5) is 5.69 Å². The Labute approximate surface area is 126 Å². The first-order chi connectivity index (χ1) is 9.72. The Balaban J connectivity index is 1.66. The second-order valence-electron chi connectivity index (χ2n) is 4.86. The minimum absolute atomic E-state index is 0.0376. The van der Waals surface area contributed by atoms with Crippen molar-refractivity contribution in [1.29, 1.82) is 0 Å². The number of halogens is 1. The van der Waals surface area contributed by atoms with Crippen molar-refractivity contribution in [2.75, 3.05) is 11.9 Å². The molecule has 0 saturated heterocycles. The first-order valence-electron chi connectivity index (χ1n) is 6.62. The van der Waals surface area contributed by atoms with Crippen LogP contribution in [0.2, 0.25) is 0 Å². The Morgan fingerprint density at radius 2 is 2.00 bits per heavy atom. The van der Waals surface area contributed by atoms with Crippen molar-refractivity contribution in [3.05, 3.63) is 63.6 Å². The molecule has 1 aliphatic heterocycles. The minimum Gasteiger partial charge on any atom is -0.384 e. The van der Waals surface area contributed by atoms with Gasteiger partial charge >= 0.3 is 0 Å². The Morgan fingerprint density at radius 1 is 1.20 bits per heavy atom. The van der Waals surface area contributed by atoms with E-state index in [9.17, 15) is 4.79 Å². The van der Waals surface area contributed by atoms with Gasteiger partial charge in [-0.1, -0.05) is 34.1 Å². The average Bonchev–Trinajstić information content (AvgIpc) is 2.93. The van der Waals surface area contributed by atoms with Crippen molar-refractivity contribution < 1.29 is 4.79 Å². The van der Waals surface area contributed by atoms with Crippen molar-refractivity contribution in [1.82, 2.24) is 5.32 Å². The number of carbonyl (C=O) groups excluding carboxylic acids is 1. The van der Waals surface area contributed by atoms with E-state index < -0.39 is 0 Å². The summed E-state index contributed by atoms with van der Waals surface area (Å²) in [6, 6.07) is 13.8. The van der Waals surface area contributed by atoms with Crippen molar-refractivity contribution in [2.24, 2.45) is 0 Å². The van der Waals surface area contributed by atoms with Crippen molar-refractivity contribution in [3.8, 4) is 0 Å². The molecule has 0 bridgehead atoms. The van der Waals surface area contributed by atoms with Gasteiger partial charge in [0.15, 0.2) is 0 Å². The molecule has 0 aliphatic carbocycles. The number of fused-ring (bicyclic) bond motifs is 1. The molecular weight excluding hydrogens is 316 g/mol. The van der Waals surface area contributed by atoms with Crippen LogP contribution >= 0.6 is 15.9 Å². The topological polar surface area (TPSA) is 41.1 Å². The highest BCUT2D eigenvalue weighted by Gasteiger charge is 2.13. The summed E-state index contributed by atoms with van der Waals surface area (Å²) in [6.45, 7) is 1.50. The van der Waals surface area contributed by atoms with E-state index >= 15 is 0 Å². The first kappa shape index (κ1) is 13.2. The van der Waals surface area contributed by atoms with Crippen LogP contribution in [0.1, 0.15) is 21.5 Å². The molecule has 2 aromatic carbocycles. The van der Waals surface area contributed by atoms with Gasteiger partial charge in [-0.05, 0) is 41.8 Å². The molecule has 3 nitrogen and oxygen atoms in total. The maximum absolute atomic E-state index is 12.1. The van der Waals surface area contributed by atoms with Crippen molar-refractivity contribution in [2.45, 2.75) is 13.0 Å². The molecule has 3 rings (SSSR count). The van der Waals surface area contributed by atoms with Gasteiger partial charge in [-0.2, -0.15) is 0 Å². The fourth-order valence-electron chi connectivity index (χ4n) is 2.32. The predicted molar refractivity (Wildman–Crippen MR) is 83.9 cm³/mol. The molecule has 1 heterocycles. The highest BCUT2D eigenvalue weighted by Crippen LogP contribution is 2.23. The number of hydrogen-bond acceptors (Lipinski definition) is 2. The first-order valence-corrected chi connectivity index (χ1v) is 7.41. The summed E-state index contributed by atoms with van der Waals surface area (Å²) in [5.41, 5.74) is 4.16. The predicted octanol–water partition coefficient (Wildman–Crippen LogP) is 3.35. The van der Waals surface area contributed by atoms with Crippen molar-refractivity contribution >= 4 is 27.5 Å². The highest BCUT2D eigenvalue weighted by atomic mass is 79.9. The summed E-state index contributed by atoms with van der Waals surface area (Å²) >= 11 is 3.40. The molecule has 1 aliphatic rings. The summed E-state index contributed by atoms with van der Waals surface area (Å²) < 4.78 is 1.04. The Bertz CT molecular complexity index is 637. The smallest absolute Gasteiger partial charge is 0.251 e. The zero-order chi connectivity index (χ0) is 13.9. The number of hydrogen-bond donors (Lipinski definition) is 2. The largest absolute Gasteiger partial charge is 0.384 e. The lowest BCUT2D eigenvalue weighted by Crippen LogP contribution is -2.22. The van der Waals surface area contributed by atoms with Gasteiger partial charge in [0.1, 0.15) is 0 Å². The van der Waals surface area contributed by atoms with Gasteiger partial charge in [-0.3, -0.25) is 4.79 Å². The molecule has 0 spiro atoms. The molecule has 0 aromatic heterocycles. The number of amides is 1. The third kappa shape index (κ3) is 2.85. The molecule has 0 saturated carbocycles. The summed E-state index contributed by atoms with van der Waals surface area (Å²) in [5.74, 6) is -0.0376. The standard InChI is InChI=1S/C16H15BrN2O/c17-14-5-1-11(2-6-14)10-19-16(20)13-4-3-12-7-8-18-15(12)9-13/h1-6,9,18H,7-8,10H2,(H,19,20).